The summed E-state index contributed by atoms with van der Waals surface area (Å²) in [4.78, 5) is 0. The summed E-state index contributed by atoms with van der Waals surface area (Å²) in [5, 5.41) is 0. The van der Waals surface area contributed by atoms with Crippen molar-refractivity contribution >= 4 is 5.69 Å². The first-order valence-corrected chi connectivity index (χ1v) is 3.13. The lowest BCUT2D eigenvalue weighted by Gasteiger charge is -2.07. The normalized spacial score (nSPS) is 11.7. The lowest BCUT2D eigenvalue weighted by atomic mass is 10.1. The van der Waals surface area contributed by atoms with E-state index in [1.165, 1.54) is 6.07 Å². The van der Waals surface area contributed by atoms with Crippen molar-refractivity contribution in [2.75, 3.05) is 5.73 Å². The van der Waals surface area contributed by atoms with Crippen molar-refractivity contribution in [1.29, 1.82) is 0 Å². The van der Waals surface area contributed by atoms with Gasteiger partial charge in [-0.15, -0.1) is 0 Å². The summed E-state index contributed by atoms with van der Waals surface area (Å²) < 4.78 is 36.1. The second kappa shape index (κ2) is 2.69. The van der Waals surface area contributed by atoms with Crippen LogP contribution in [0, 0.1) is 6.92 Å². The maximum atomic E-state index is 12.0. The molecule has 0 aromatic heterocycles. The van der Waals surface area contributed by atoms with Crippen LogP contribution in [0.2, 0.25) is 0 Å². The Kier molecular flexibility index (Phi) is 2.00. The molecule has 0 aliphatic rings. The van der Waals surface area contributed by atoms with E-state index >= 15 is 0 Å². The zero-order valence-corrected chi connectivity index (χ0v) is 6.02. The van der Waals surface area contributed by atoms with Crippen molar-refractivity contribution in [2.45, 2.75) is 6.18 Å². The van der Waals surface area contributed by atoms with Gasteiger partial charge in [0, 0.05) is 5.69 Å². The lowest BCUT2D eigenvalue weighted by Crippen LogP contribution is -2.05. The van der Waals surface area contributed by atoms with E-state index in [0.717, 1.165) is 12.1 Å². The van der Waals surface area contributed by atoms with Crippen molar-refractivity contribution in [3.8, 4) is 0 Å². The van der Waals surface area contributed by atoms with Gasteiger partial charge in [0.1, 0.15) is 0 Å². The maximum absolute atomic E-state index is 12.0. The van der Waals surface area contributed by atoms with Crippen LogP contribution in [0.5, 0.6) is 0 Å². The molecule has 1 nitrogen and oxygen atoms in total. The summed E-state index contributed by atoms with van der Waals surface area (Å²) in [7, 11) is 0. The van der Waals surface area contributed by atoms with E-state index in [1.807, 2.05) is 0 Å². The van der Waals surface area contributed by atoms with E-state index in [2.05, 4.69) is 0 Å². The standard InChI is InChI=1S/C8H6F3N/c1-5-2-6(8(9,10)11)4-7(12)3-5/h1-4H,12H2. The quantitative estimate of drug-likeness (QED) is 0.598. The minimum atomic E-state index is -4.39. The zero-order valence-electron chi connectivity index (χ0n) is 6.02. The molecule has 0 saturated heterocycles. The molecule has 0 aliphatic heterocycles. The van der Waals surface area contributed by atoms with E-state index in [9.17, 15) is 13.2 Å². The van der Waals surface area contributed by atoms with Gasteiger partial charge >= 0.3 is 6.18 Å². The number of hydrogen-bond donors (Lipinski definition) is 1. The highest BCUT2D eigenvalue weighted by atomic mass is 19.4. The van der Waals surface area contributed by atoms with Gasteiger partial charge in [-0.05, 0) is 30.7 Å². The summed E-state index contributed by atoms with van der Waals surface area (Å²) in [6, 6.07) is 2.96. The highest BCUT2D eigenvalue weighted by Crippen LogP contribution is 2.30. The third-order valence-electron chi connectivity index (χ3n) is 1.30. The Morgan fingerprint density at radius 1 is 1.17 bits per heavy atom. The minimum absolute atomic E-state index is 0.0160. The van der Waals surface area contributed by atoms with Crippen molar-refractivity contribution in [3.63, 3.8) is 0 Å². The summed E-state index contributed by atoms with van der Waals surface area (Å²) in [5.74, 6) is 0. The molecule has 0 atom stereocenters. The second-order valence-electron chi connectivity index (χ2n) is 2.39. The number of hydrogen-bond acceptors (Lipinski definition) is 1. The molecule has 0 aliphatic carbocycles. The molecule has 0 bridgehead atoms. The van der Waals surface area contributed by atoms with Gasteiger partial charge in [0.05, 0.1) is 5.56 Å². The van der Waals surface area contributed by atoms with Gasteiger partial charge < -0.3 is 5.73 Å². The molecule has 1 aromatic rings. The van der Waals surface area contributed by atoms with E-state index in [-0.39, 0.29) is 11.3 Å². The smallest absolute Gasteiger partial charge is 0.399 e. The molecule has 12 heavy (non-hydrogen) atoms. The highest BCUT2D eigenvalue weighted by Gasteiger charge is 2.30. The number of alkyl halides is 3. The molecule has 0 fully saturated rings. The number of nitrogens with two attached hydrogens (primary N) is 1. The van der Waals surface area contributed by atoms with Crippen LogP contribution in [0.25, 0.3) is 0 Å². The monoisotopic (exact) mass is 173 g/mol. The SMILES string of the molecule is [CH]c1cc(N)cc(C(F)(F)F)c1. The van der Waals surface area contributed by atoms with Crippen LogP contribution >= 0.6 is 0 Å². The largest absolute Gasteiger partial charge is 0.416 e. The van der Waals surface area contributed by atoms with E-state index in [4.69, 9.17) is 12.7 Å². The van der Waals surface area contributed by atoms with Crippen LogP contribution < -0.4 is 5.73 Å². The maximum Gasteiger partial charge on any atom is 0.416 e. The van der Waals surface area contributed by atoms with Crippen LogP contribution in [-0.2, 0) is 6.18 Å². The topological polar surface area (TPSA) is 26.0 Å². The molecule has 0 spiro atoms. The molecule has 0 amide bonds. The van der Waals surface area contributed by atoms with Gasteiger partial charge in [-0.3, -0.25) is 0 Å². The fourth-order valence-corrected chi connectivity index (χ4v) is 0.840. The van der Waals surface area contributed by atoms with Crippen LogP contribution in [0.15, 0.2) is 18.2 Å². The van der Waals surface area contributed by atoms with Crippen molar-refractivity contribution in [1.82, 2.24) is 0 Å². The summed E-state index contributed by atoms with van der Waals surface area (Å²) in [5.41, 5.74) is 4.39. The van der Waals surface area contributed by atoms with Crippen LogP contribution in [0.4, 0.5) is 18.9 Å². The van der Waals surface area contributed by atoms with Crippen molar-refractivity contribution < 1.29 is 13.2 Å². The summed E-state index contributed by atoms with van der Waals surface area (Å²) in [6.07, 6.45) is -4.39. The zero-order chi connectivity index (χ0) is 9.35. The average molecular weight is 173 g/mol. The van der Waals surface area contributed by atoms with Crippen molar-refractivity contribution in [2.24, 2.45) is 0 Å². The number of anilines is 1. The molecule has 1 rings (SSSR count). The molecular weight excluding hydrogens is 167 g/mol. The minimum Gasteiger partial charge on any atom is -0.399 e. The molecule has 2 N–H and O–H groups in total. The number of halogens is 3. The van der Waals surface area contributed by atoms with Crippen LogP contribution in [0.3, 0.4) is 0 Å². The van der Waals surface area contributed by atoms with Crippen LogP contribution in [0.1, 0.15) is 11.1 Å². The van der Waals surface area contributed by atoms with Gasteiger partial charge in [-0.1, -0.05) is 0 Å². The van der Waals surface area contributed by atoms with Gasteiger partial charge in [-0.25, -0.2) is 0 Å². The Bertz CT molecular complexity index is 271. The Hall–Kier alpha value is -1.19. The molecule has 1 aromatic carbocycles. The van der Waals surface area contributed by atoms with Gasteiger partial charge in [0.2, 0.25) is 0 Å². The Labute approximate surface area is 68.0 Å². The molecule has 2 radical (unpaired) electrons. The van der Waals surface area contributed by atoms with E-state index in [1.54, 1.807) is 0 Å². The number of rotatable bonds is 0. The van der Waals surface area contributed by atoms with Crippen molar-refractivity contribution in [3.05, 3.63) is 36.2 Å². The molecule has 4 heteroatoms. The van der Waals surface area contributed by atoms with Crippen LogP contribution in [-0.4, -0.2) is 0 Å². The van der Waals surface area contributed by atoms with E-state index in [0.29, 0.717) is 0 Å². The molecule has 0 unspecified atom stereocenters. The van der Waals surface area contributed by atoms with E-state index < -0.39 is 11.7 Å². The Morgan fingerprint density at radius 3 is 2.17 bits per heavy atom. The van der Waals surface area contributed by atoms with Gasteiger partial charge in [-0.2, -0.15) is 13.2 Å². The first-order chi connectivity index (χ1) is 5.39. The van der Waals surface area contributed by atoms with Gasteiger partial charge in [0.25, 0.3) is 0 Å². The first kappa shape index (κ1) is 8.90. The third kappa shape index (κ3) is 1.90. The predicted molar refractivity (Wildman–Crippen MR) is 39.3 cm³/mol. The second-order valence-corrected chi connectivity index (χ2v) is 2.39. The lowest BCUT2D eigenvalue weighted by molar-refractivity contribution is -0.137. The summed E-state index contributed by atoms with van der Waals surface area (Å²) in [6.45, 7) is 5.18. The molecule has 0 heterocycles. The number of nitrogen functional groups attached to an aromatic ring is 1. The molecule has 0 saturated carbocycles. The Morgan fingerprint density at radius 2 is 1.75 bits per heavy atom. The molecular formula is C8H6F3N. The Balaban J connectivity index is 3.18. The average Bonchev–Trinajstić information content (AvgIpc) is 1.82. The fraction of sp³-hybridized carbons (Fsp3) is 0.125. The number of benzene rings is 1. The summed E-state index contributed by atoms with van der Waals surface area (Å²) >= 11 is 0. The van der Waals surface area contributed by atoms with Gasteiger partial charge in [0.15, 0.2) is 0 Å². The highest BCUT2D eigenvalue weighted by molar-refractivity contribution is 5.46. The fourth-order valence-electron chi connectivity index (χ4n) is 0.840. The predicted octanol–water partition coefficient (Wildman–Crippen LogP) is 2.35. The molecule has 64 valence electrons. The third-order valence-corrected chi connectivity index (χ3v) is 1.30. The first-order valence-electron chi connectivity index (χ1n) is 3.13.